The van der Waals surface area contributed by atoms with Crippen molar-refractivity contribution in [1.29, 1.82) is 0 Å². The molecule has 0 bridgehead atoms. The molecule has 0 saturated carbocycles. The van der Waals surface area contributed by atoms with E-state index in [2.05, 4.69) is 10.3 Å². The first-order chi connectivity index (χ1) is 7.86. The van der Waals surface area contributed by atoms with Crippen LogP contribution in [0.5, 0.6) is 0 Å². The van der Waals surface area contributed by atoms with Gasteiger partial charge in [0.1, 0.15) is 5.52 Å². The summed E-state index contributed by atoms with van der Waals surface area (Å²) in [7, 11) is 0. The minimum Gasteiger partial charge on any atom is -0.445 e. The van der Waals surface area contributed by atoms with Crippen molar-refractivity contribution in [2.45, 2.75) is 6.92 Å². The highest BCUT2D eigenvalue weighted by Gasteiger charge is 2.26. The van der Waals surface area contributed by atoms with E-state index in [4.69, 9.17) is 4.42 Å². The molecule has 0 aliphatic heterocycles. The van der Waals surface area contributed by atoms with Crippen LogP contribution in [-0.2, 0) is 4.79 Å². The quantitative estimate of drug-likeness (QED) is 0.818. The van der Waals surface area contributed by atoms with E-state index in [9.17, 15) is 17.7 Å². The molecular weight excluding hydrogens is 236 g/mol. The minimum atomic E-state index is -5.07. The van der Waals surface area contributed by atoms with Crippen molar-refractivity contribution in [2.24, 2.45) is 0 Å². The van der Waals surface area contributed by atoms with Crippen molar-refractivity contribution in [3.05, 3.63) is 18.2 Å². The predicted octanol–water partition coefficient (Wildman–Crippen LogP) is 1.84. The smallest absolute Gasteiger partial charge is 0.445 e. The molecule has 0 atom stereocenters. The molecule has 17 heavy (non-hydrogen) atoms. The Kier molecular flexibility index (Phi) is 2.57. The Bertz CT molecular complexity index is 579. The lowest BCUT2D eigenvalue weighted by molar-refractivity contribution is -0.114. The molecule has 0 aliphatic carbocycles. The fourth-order valence-electron chi connectivity index (χ4n) is 1.35. The van der Waals surface area contributed by atoms with Gasteiger partial charge in [0, 0.05) is 6.92 Å². The summed E-state index contributed by atoms with van der Waals surface area (Å²) in [6.45, 7) is -3.82. The molecule has 2 rings (SSSR count). The third kappa shape index (κ3) is 2.40. The number of amides is 1. The number of nitrogens with zero attached hydrogens (tertiary/aromatic N) is 1. The highest BCUT2D eigenvalue weighted by molar-refractivity contribution is 6.73. The summed E-state index contributed by atoms with van der Waals surface area (Å²) in [4.78, 5) is 14.5. The minimum absolute atomic E-state index is 0.00884. The molecule has 2 aromatic rings. The Labute approximate surface area is 93.9 Å². The van der Waals surface area contributed by atoms with Gasteiger partial charge in [0.2, 0.25) is 5.91 Å². The van der Waals surface area contributed by atoms with Crippen LogP contribution < -0.4 is 10.8 Å². The molecule has 0 fully saturated rings. The maximum absolute atomic E-state index is 12.5. The van der Waals surface area contributed by atoms with Crippen LogP contribution in [0.15, 0.2) is 22.6 Å². The molecule has 1 heterocycles. The Morgan fingerprint density at radius 3 is 2.71 bits per heavy atom. The maximum atomic E-state index is 12.5. The average molecular weight is 243 g/mol. The molecule has 0 saturated heterocycles. The first kappa shape index (κ1) is 11.5. The van der Waals surface area contributed by atoms with Gasteiger partial charge >= 0.3 is 13.0 Å². The van der Waals surface area contributed by atoms with Crippen LogP contribution >= 0.6 is 0 Å². The molecule has 1 amide bonds. The largest absolute Gasteiger partial charge is 0.509 e. The lowest BCUT2D eigenvalue weighted by atomic mass is 9.80. The second-order valence-electron chi connectivity index (χ2n) is 3.50. The Morgan fingerprint density at radius 2 is 2.12 bits per heavy atom. The van der Waals surface area contributed by atoms with E-state index in [0.29, 0.717) is 0 Å². The molecule has 0 radical (unpaired) electrons. The summed E-state index contributed by atoms with van der Waals surface area (Å²) in [5.41, 5.74) is -0.508. The molecule has 1 N–H and O–H groups in total. The van der Waals surface area contributed by atoms with Gasteiger partial charge in [-0.05, 0) is 12.1 Å². The van der Waals surface area contributed by atoms with Crippen molar-refractivity contribution < 1.29 is 22.2 Å². The van der Waals surface area contributed by atoms with Gasteiger partial charge in [0.25, 0.3) is 0 Å². The van der Waals surface area contributed by atoms with Gasteiger partial charge in [-0.1, -0.05) is 6.07 Å². The number of rotatable bonds is 2. The molecule has 0 spiro atoms. The number of anilines is 1. The fourth-order valence-corrected chi connectivity index (χ4v) is 1.35. The van der Waals surface area contributed by atoms with Crippen molar-refractivity contribution >= 4 is 35.5 Å². The second-order valence-corrected chi connectivity index (χ2v) is 3.50. The summed E-state index contributed by atoms with van der Waals surface area (Å²) >= 11 is 0. The van der Waals surface area contributed by atoms with E-state index in [0.717, 1.165) is 12.1 Å². The van der Waals surface area contributed by atoms with Crippen LogP contribution in [0.1, 0.15) is 6.92 Å². The van der Waals surface area contributed by atoms with E-state index >= 15 is 0 Å². The van der Waals surface area contributed by atoms with Crippen LogP contribution in [0.4, 0.5) is 19.0 Å². The standard InChI is InChI=1S/C9H7BF3N2O2/c1-5(16)14-9-15-7-3-2-6(10(11,12)13)4-8(7)17-9/h2-4H,1H3,(H,14,15,16)/q-1. The van der Waals surface area contributed by atoms with Gasteiger partial charge < -0.3 is 17.4 Å². The molecule has 1 aromatic carbocycles. The summed E-state index contributed by atoms with van der Waals surface area (Å²) in [6, 6.07) is 2.89. The van der Waals surface area contributed by atoms with E-state index in [1.165, 1.54) is 13.0 Å². The molecule has 1 aromatic heterocycles. The van der Waals surface area contributed by atoms with Crippen LogP contribution in [0.3, 0.4) is 0 Å². The third-order valence-electron chi connectivity index (χ3n) is 2.07. The molecular formula is C9H7BF3N2O2-. The third-order valence-corrected chi connectivity index (χ3v) is 2.07. The van der Waals surface area contributed by atoms with Crippen LogP contribution in [0.2, 0.25) is 0 Å². The number of carbonyl (C=O) groups is 1. The maximum Gasteiger partial charge on any atom is 0.509 e. The van der Waals surface area contributed by atoms with Gasteiger partial charge in [-0.2, -0.15) is 4.98 Å². The number of fused-ring (bicyclic) bond motifs is 1. The van der Waals surface area contributed by atoms with E-state index < -0.39 is 18.3 Å². The zero-order valence-electron chi connectivity index (χ0n) is 8.71. The van der Waals surface area contributed by atoms with Gasteiger partial charge in [-0.15, -0.1) is 5.46 Å². The van der Waals surface area contributed by atoms with Gasteiger partial charge in [-0.3, -0.25) is 10.1 Å². The second kappa shape index (κ2) is 3.79. The zero-order valence-corrected chi connectivity index (χ0v) is 8.71. The molecule has 0 unspecified atom stereocenters. The average Bonchev–Trinajstić information content (AvgIpc) is 2.55. The summed E-state index contributed by atoms with van der Waals surface area (Å²) in [6.07, 6.45) is 0. The zero-order chi connectivity index (χ0) is 12.6. The Hall–Kier alpha value is -1.99. The number of hydrogen-bond acceptors (Lipinski definition) is 3. The molecule has 8 heteroatoms. The van der Waals surface area contributed by atoms with Crippen LogP contribution in [0.25, 0.3) is 11.1 Å². The first-order valence-electron chi connectivity index (χ1n) is 4.74. The topological polar surface area (TPSA) is 55.1 Å². The lowest BCUT2D eigenvalue weighted by Gasteiger charge is -2.13. The number of benzene rings is 1. The predicted molar refractivity (Wildman–Crippen MR) is 57.0 cm³/mol. The number of aromatic nitrogens is 1. The Balaban J connectivity index is 2.44. The number of hydrogen-bond donors (Lipinski definition) is 1. The van der Waals surface area contributed by atoms with E-state index in [1.807, 2.05) is 0 Å². The highest BCUT2D eigenvalue weighted by Crippen LogP contribution is 2.19. The molecule has 90 valence electrons. The highest BCUT2D eigenvalue weighted by atomic mass is 19.4. The SMILES string of the molecule is CC(=O)Nc1nc2ccc([B-](F)(F)F)cc2o1. The summed E-state index contributed by atoms with van der Waals surface area (Å²) < 4.78 is 42.4. The monoisotopic (exact) mass is 243 g/mol. The van der Waals surface area contributed by atoms with Crippen molar-refractivity contribution in [3.63, 3.8) is 0 Å². The lowest BCUT2D eigenvalue weighted by Crippen LogP contribution is -2.33. The Morgan fingerprint density at radius 1 is 1.41 bits per heavy atom. The molecule has 0 aliphatic rings. The van der Waals surface area contributed by atoms with Crippen molar-refractivity contribution in [1.82, 2.24) is 4.98 Å². The normalized spacial score (nSPS) is 11.8. The molecule has 4 nitrogen and oxygen atoms in total. The van der Waals surface area contributed by atoms with Crippen molar-refractivity contribution in [3.8, 4) is 0 Å². The van der Waals surface area contributed by atoms with Crippen LogP contribution in [-0.4, -0.2) is 17.9 Å². The van der Waals surface area contributed by atoms with Gasteiger partial charge in [-0.25, -0.2) is 0 Å². The first-order valence-corrected chi connectivity index (χ1v) is 4.74. The van der Waals surface area contributed by atoms with Gasteiger partial charge in [0.05, 0.1) is 0 Å². The summed E-state index contributed by atoms with van der Waals surface area (Å²) in [5.74, 6) is -0.406. The summed E-state index contributed by atoms with van der Waals surface area (Å²) in [5, 5.41) is 2.26. The van der Waals surface area contributed by atoms with E-state index in [1.54, 1.807) is 0 Å². The van der Waals surface area contributed by atoms with Crippen molar-refractivity contribution in [2.75, 3.05) is 5.32 Å². The van der Waals surface area contributed by atoms with E-state index in [-0.39, 0.29) is 17.1 Å². The van der Waals surface area contributed by atoms with Crippen LogP contribution in [0, 0.1) is 0 Å². The fraction of sp³-hybridized carbons (Fsp3) is 0.111. The number of nitrogens with one attached hydrogen (secondary N) is 1. The number of carbonyl (C=O) groups excluding carboxylic acids is 1. The van der Waals surface area contributed by atoms with Gasteiger partial charge in [0.15, 0.2) is 5.58 Å². The number of halogens is 3. The number of oxazole rings is 1.